The summed E-state index contributed by atoms with van der Waals surface area (Å²) < 4.78 is 12.3. The predicted octanol–water partition coefficient (Wildman–Crippen LogP) is 5.21. The van der Waals surface area contributed by atoms with Gasteiger partial charge in [0.15, 0.2) is 0 Å². The number of nitrogens with zero attached hydrogens (tertiary/aromatic N) is 3. The lowest BCUT2D eigenvalue weighted by molar-refractivity contribution is 0.258. The summed E-state index contributed by atoms with van der Waals surface area (Å²) in [6.45, 7) is 6.91. The molecule has 5 nitrogen and oxygen atoms in total. The van der Waals surface area contributed by atoms with Gasteiger partial charge in [-0.1, -0.05) is 86.5 Å². The molecule has 0 fully saturated rings. The lowest BCUT2D eigenvalue weighted by atomic mass is 10.2. The van der Waals surface area contributed by atoms with Gasteiger partial charge in [-0.15, -0.1) is 0 Å². The van der Waals surface area contributed by atoms with Crippen molar-refractivity contribution in [3.63, 3.8) is 0 Å². The number of hydrogen-bond acceptors (Lipinski definition) is 3. The predicted molar refractivity (Wildman–Crippen MR) is 114 cm³/mol. The van der Waals surface area contributed by atoms with Gasteiger partial charge in [0.25, 0.3) is 8.32 Å². The number of hydrogen-bond donors (Lipinski definition) is 0. The molecular formula is C22H25N3O2Si. The third-order valence-corrected chi connectivity index (χ3v) is 9.94. The standard InChI is InChI=1S/C22H25N3O2Si/c1-22(2,3)28(18-11-6-4-7-12-18,19-13-8-5-9-14-19)27-17-20(24-25-23)21-15-10-16-26-21/h4-16,20H,17H2,1-3H3/t20-/m0/s1. The van der Waals surface area contributed by atoms with Gasteiger partial charge in [-0.3, -0.25) is 0 Å². The van der Waals surface area contributed by atoms with Crippen molar-refractivity contribution in [1.82, 2.24) is 0 Å². The molecular weight excluding hydrogens is 366 g/mol. The molecule has 0 saturated heterocycles. The van der Waals surface area contributed by atoms with E-state index in [0.29, 0.717) is 5.76 Å². The van der Waals surface area contributed by atoms with Crippen molar-refractivity contribution >= 4 is 18.7 Å². The van der Waals surface area contributed by atoms with Gasteiger partial charge in [0, 0.05) is 4.91 Å². The molecule has 3 aromatic rings. The summed E-state index contributed by atoms with van der Waals surface area (Å²) in [7, 11) is -2.68. The number of azide groups is 1. The van der Waals surface area contributed by atoms with Crippen molar-refractivity contribution < 1.29 is 8.84 Å². The monoisotopic (exact) mass is 391 g/mol. The average Bonchev–Trinajstić information content (AvgIpc) is 3.23. The van der Waals surface area contributed by atoms with E-state index in [1.54, 1.807) is 12.3 Å². The van der Waals surface area contributed by atoms with E-state index in [-0.39, 0.29) is 11.6 Å². The van der Waals surface area contributed by atoms with Crippen LogP contribution >= 0.6 is 0 Å². The molecule has 2 aromatic carbocycles. The molecule has 0 radical (unpaired) electrons. The minimum Gasteiger partial charge on any atom is -0.469 e. The van der Waals surface area contributed by atoms with Crippen molar-refractivity contribution in [2.24, 2.45) is 5.11 Å². The Bertz CT molecular complexity index is 876. The summed E-state index contributed by atoms with van der Waals surface area (Å²) in [6, 6.07) is 23.9. The van der Waals surface area contributed by atoms with E-state index in [2.05, 4.69) is 55.1 Å². The zero-order valence-corrected chi connectivity index (χ0v) is 17.4. The summed E-state index contributed by atoms with van der Waals surface area (Å²) in [4.78, 5) is 3.00. The smallest absolute Gasteiger partial charge is 0.261 e. The van der Waals surface area contributed by atoms with Crippen LogP contribution in [0.1, 0.15) is 32.6 Å². The molecule has 0 saturated carbocycles. The Hall–Kier alpha value is -2.79. The molecule has 1 atom stereocenters. The Morgan fingerprint density at radius 3 is 1.96 bits per heavy atom. The van der Waals surface area contributed by atoms with Crippen LogP contribution in [-0.4, -0.2) is 14.9 Å². The van der Waals surface area contributed by atoms with Gasteiger partial charge >= 0.3 is 0 Å². The van der Waals surface area contributed by atoms with E-state index >= 15 is 0 Å². The molecule has 0 bridgehead atoms. The topological polar surface area (TPSA) is 71.1 Å². The Balaban J connectivity index is 2.09. The first-order valence-electron chi connectivity index (χ1n) is 9.31. The minimum atomic E-state index is -2.68. The highest BCUT2D eigenvalue weighted by molar-refractivity contribution is 6.99. The van der Waals surface area contributed by atoms with Crippen LogP contribution in [-0.2, 0) is 4.43 Å². The number of furan rings is 1. The fourth-order valence-electron chi connectivity index (χ4n) is 3.68. The zero-order chi connectivity index (χ0) is 20.0. The molecule has 0 amide bonds. The van der Waals surface area contributed by atoms with Crippen LogP contribution in [0.25, 0.3) is 10.4 Å². The van der Waals surface area contributed by atoms with Crippen LogP contribution in [0.2, 0.25) is 5.04 Å². The van der Waals surface area contributed by atoms with E-state index in [1.807, 2.05) is 42.5 Å². The van der Waals surface area contributed by atoms with E-state index in [9.17, 15) is 0 Å². The second-order valence-electron chi connectivity index (χ2n) is 7.71. The summed E-state index contributed by atoms with van der Waals surface area (Å²) in [5, 5.41) is 6.16. The average molecular weight is 392 g/mol. The van der Waals surface area contributed by atoms with Gasteiger partial charge in [-0.2, -0.15) is 0 Å². The van der Waals surface area contributed by atoms with Crippen LogP contribution < -0.4 is 10.4 Å². The fourth-order valence-corrected chi connectivity index (χ4v) is 8.24. The maximum Gasteiger partial charge on any atom is 0.261 e. The van der Waals surface area contributed by atoms with Gasteiger partial charge in [-0.05, 0) is 33.1 Å². The Morgan fingerprint density at radius 1 is 0.964 bits per heavy atom. The maximum absolute atomic E-state index is 9.03. The fraction of sp³-hybridized carbons (Fsp3) is 0.273. The van der Waals surface area contributed by atoms with E-state index in [4.69, 9.17) is 14.4 Å². The second-order valence-corrected chi connectivity index (χ2v) is 12.0. The molecule has 28 heavy (non-hydrogen) atoms. The molecule has 6 heteroatoms. The normalized spacial score (nSPS) is 13.0. The first kappa shape index (κ1) is 20.0. The van der Waals surface area contributed by atoms with Gasteiger partial charge in [-0.25, -0.2) is 0 Å². The maximum atomic E-state index is 9.03. The SMILES string of the molecule is CC(C)(C)[Si](OC[C@H](N=[N+]=[N-])c1ccco1)(c1ccccc1)c1ccccc1. The summed E-state index contributed by atoms with van der Waals surface area (Å²) in [5.74, 6) is 0.607. The van der Waals surface area contributed by atoms with Crippen LogP contribution in [0.5, 0.6) is 0 Å². The van der Waals surface area contributed by atoms with Gasteiger partial charge in [0.1, 0.15) is 11.8 Å². The van der Waals surface area contributed by atoms with Crippen molar-refractivity contribution in [1.29, 1.82) is 0 Å². The number of rotatable bonds is 7. The van der Waals surface area contributed by atoms with Crippen LogP contribution in [0.4, 0.5) is 0 Å². The molecule has 0 aliphatic rings. The first-order valence-corrected chi connectivity index (χ1v) is 11.2. The lowest BCUT2D eigenvalue weighted by Gasteiger charge is -2.43. The third kappa shape index (κ3) is 3.89. The molecule has 0 spiro atoms. The van der Waals surface area contributed by atoms with Crippen molar-refractivity contribution in [3.8, 4) is 0 Å². The Labute approximate surface area is 166 Å². The molecule has 0 aliphatic heterocycles. The summed E-state index contributed by atoms with van der Waals surface area (Å²) in [6.07, 6.45) is 1.58. The molecule has 0 N–H and O–H groups in total. The largest absolute Gasteiger partial charge is 0.469 e. The minimum absolute atomic E-state index is 0.139. The molecule has 144 valence electrons. The van der Waals surface area contributed by atoms with Gasteiger partial charge < -0.3 is 8.84 Å². The van der Waals surface area contributed by atoms with Crippen molar-refractivity contribution in [2.75, 3.05) is 6.61 Å². The van der Waals surface area contributed by atoms with Crippen LogP contribution in [0, 0.1) is 0 Å². The lowest BCUT2D eigenvalue weighted by Crippen LogP contribution is -2.66. The summed E-state index contributed by atoms with van der Waals surface area (Å²) in [5.41, 5.74) is 9.03. The first-order chi connectivity index (χ1) is 13.5. The van der Waals surface area contributed by atoms with Crippen molar-refractivity contribution in [2.45, 2.75) is 31.9 Å². The number of benzene rings is 2. The highest BCUT2D eigenvalue weighted by Crippen LogP contribution is 2.37. The Kier molecular flexibility index (Phi) is 6.04. The quantitative estimate of drug-likeness (QED) is 0.240. The molecule has 3 rings (SSSR count). The van der Waals surface area contributed by atoms with Crippen LogP contribution in [0.15, 0.2) is 88.6 Å². The molecule has 0 unspecified atom stereocenters. The van der Waals surface area contributed by atoms with Gasteiger partial charge in [0.2, 0.25) is 0 Å². The van der Waals surface area contributed by atoms with Crippen LogP contribution in [0.3, 0.4) is 0 Å². The molecule has 1 heterocycles. The Morgan fingerprint density at radius 2 is 1.54 bits per heavy atom. The van der Waals surface area contributed by atoms with E-state index < -0.39 is 14.4 Å². The van der Waals surface area contributed by atoms with E-state index in [0.717, 1.165) is 0 Å². The molecule has 0 aliphatic carbocycles. The highest BCUT2D eigenvalue weighted by Gasteiger charge is 2.50. The second kappa shape index (κ2) is 8.48. The zero-order valence-electron chi connectivity index (χ0n) is 16.4. The van der Waals surface area contributed by atoms with E-state index in [1.165, 1.54) is 10.4 Å². The summed E-state index contributed by atoms with van der Waals surface area (Å²) >= 11 is 0. The highest BCUT2D eigenvalue weighted by atomic mass is 28.4. The third-order valence-electron chi connectivity index (χ3n) is 4.94. The molecule has 1 aromatic heterocycles. The van der Waals surface area contributed by atoms with Crippen molar-refractivity contribution in [3.05, 3.63) is 95.3 Å². The van der Waals surface area contributed by atoms with Gasteiger partial charge in [0.05, 0.1) is 12.9 Å².